The van der Waals surface area contributed by atoms with Gasteiger partial charge in [0.05, 0.1) is 6.54 Å². The molecule has 6 heteroatoms. The molecule has 1 aliphatic rings. The number of esters is 1. The van der Waals surface area contributed by atoms with E-state index in [1.807, 2.05) is 0 Å². The highest BCUT2D eigenvalue weighted by atomic mass is 16.5. The maximum Gasteiger partial charge on any atom is 0.325 e. The number of nitrogens with zero attached hydrogens (tertiary/aromatic N) is 3. The molecule has 1 unspecified atom stereocenters. The topological polar surface area (TPSA) is 69.0 Å². The number of hydrogen-bond donors (Lipinski definition) is 1. The van der Waals surface area contributed by atoms with Crippen LogP contribution in [0.4, 0.5) is 0 Å². The molecule has 0 amide bonds. The van der Waals surface area contributed by atoms with Crippen molar-refractivity contribution in [2.75, 3.05) is 13.2 Å². The lowest BCUT2D eigenvalue weighted by molar-refractivity contribution is -0.149. The van der Waals surface area contributed by atoms with Gasteiger partial charge < -0.3 is 4.74 Å². The summed E-state index contributed by atoms with van der Waals surface area (Å²) in [5.74, 6) is -0.221. The average molecular weight is 182 g/mol. The lowest BCUT2D eigenvalue weighted by atomic mass is 10.2. The molecule has 1 aromatic rings. The standard InChI is InChI=1S/C7H10N4O2/c12-7-6(9-1-2-13-7)3-11-5-8-4-10-11/h4-6,9H,1-3H2. The van der Waals surface area contributed by atoms with Gasteiger partial charge in [-0.2, -0.15) is 5.10 Å². The summed E-state index contributed by atoms with van der Waals surface area (Å²) in [6.45, 7) is 1.62. The first kappa shape index (κ1) is 8.18. The van der Waals surface area contributed by atoms with E-state index >= 15 is 0 Å². The highest BCUT2D eigenvalue weighted by Crippen LogP contribution is 1.97. The zero-order valence-electron chi connectivity index (χ0n) is 7.01. The van der Waals surface area contributed by atoms with Gasteiger partial charge in [0.1, 0.15) is 25.3 Å². The van der Waals surface area contributed by atoms with Crippen LogP contribution in [0.15, 0.2) is 12.7 Å². The van der Waals surface area contributed by atoms with Crippen LogP contribution in [0.25, 0.3) is 0 Å². The number of hydrogen-bond acceptors (Lipinski definition) is 5. The molecule has 0 radical (unpaired) electrons. The monoisotopic (exact) mass is 182 g/mol. The molecule has 70 valence electrons. The summed E-state index contributed by atoms with van der Waals surface area (Å²) in [7, 11) is 0. The maximum atomic E-state index is 11.2. The van der Waals surface area contributed by atoms with E-state index in [0.29, 0.717) is 19.7 Å². The Morgan fingerprint density at radius 1 is 1.77 bits per heavy atom. The van der Waals surface area contributed by atoms with Gasteiger partial charge in [-0.05, 0) is 0 Å². The van der Waals surface area contributed by atoms with E-state index in [1.54, 1.807) is 11.0 Å². The van der Waals surface area contributed by atoms with Crippen molar-refractivity contribution in [1.82, 2.24) is 20.1 Å². The molecule has 1 fully saturated rings. The van der Waals surface area contributed by atoms with Crippen LogP contribution < -0.4 is 5.32 Å². The Morgan fingerprint density at radius 3 is 3.38 bits per heavy atom. The zero-order chi connectivity index (χ0) is 9.10. The highest BCUT2D eigenvalue weighted by Gasteiger charge is 2.23. The zero-order valence-corrected chi connectivity index (χ0v) is 7.01. The Bertz CT molecular complexity index is 285. The summed E-state index contributed by atoms with van der Waals surface area (Å²) >= 11 is 0. The minimum Gasteiger partial charge on any atom is -0.463 e. The van der Waals surface area contributed by atoms with Crippen molar-refractivity contribution >= 4 is 5.97 Å². The molecule has 1 atom stereocenters. The van der Waals surface area contributed by atoms with E-state index in [9.17, 15) is 4.79 Å². The minimum atomic E-state index is -0.296. The molecule has 13 heavy (non-hydrogen) atoms. The van der Waals surface area contributed by atoms with Gasteiger partial charge in [0.25, 0.3) is 0 Å². The predicted octanol–water partition coefficient (Wildman–Crippen LogP) is -1.21. The third kappa shape index (κ3) is 1.83. The number of carbonyl (C=O) groups is 1. The van der Waals surface area contributed by atoms with Crippen LogP contribution in [-0.4, -0.2) is 39.9 Å². The van der Waals surface area contributed by atoms with Crippen molar-refractivity contribution in [2.45, 2.75) is 12.6 Å². The Kier molecular flexibility index (Phi) is 2.22. The SMILES string of the molecule is O=C1OCCNC1Cn1cncn1. The van der Waals surface area contributed by atoms with Crippen LogP contribution in [0.2, 0.25) is 0 Å². The largest absolute Gasteiger partial charge is 0.463 e. The molecule has 2 heterocycles. The van der Waals surface area contributed by atoms with E-state index in [1.165, 1.54) is 6.33 Å². The van der Waals surface area contributed by atoms with Crippen LogP contribution in [0, 0.1) is 0 Å². The second-order valence-corrected chi connectivity index (χ2v) is 2.79. The van der Waals surface area contributed by atoms with Gasteiger partial charge in [-0.3, -0.25) is 14.8 Å². The van der Waals surface area contributed by atoms with Crippen LogP contribution in [-0.2, 0) is 16.1 Å². The van der Waals surface area contributed by atoms with E-state index in [4.69, 9.17) is 4.74 Å². The fraction of sp³-hybridized carbons (Fsp3) is 0.571. The van der Waals surface area contributed by atoms with Crippen LogP contribution in [0.3, 0.4) is 0 Å². The van der Waals surface area contributed by atoms with Crippen molar-refractivity contribution in [3.05, 3.63) is 12.7 Å². The third-order valence-corrected chi connectivity index (χ3v) is 1.86. The molecule has 0 bridgehead atoms. The fourth-order valence-electron chi connectivity index (χ4n) is 1.22. The molecular formula is C7H10N4O2. The molecule has 0 aromatic carbocycles. The van der Waals surface area contributed by atoms with Crippen LogP contribution in [0.5, 0.6) is 0 Å². The van der Waals surface area contributed by atoms with Gasteiger partial charge in [0.15, 0.2) is 0 Å². The molecule has 0 saturated carbocycles. The number of morpholine rings is 1. The first-order valence-corrected chi connectivity index (χ1v) is 4.09. The molecule has 6 nitrogen and oxygen atoms in total. The predicted molar refractivity (Wildman–Crippen MR) is 42.8 cm³/mol. The van der Waals surface area contributed by atoms with Crippen LogP contribution in [0.1, 0.15) is 0 Å². The highest BCUT2D eigenvalue weighted by molar-refractivity contribution is 5.76. The van der Waals surface area contributed by atoms with Gasteiger partial charge in [-0.15, -0.1) is 0 Å². The third-order valence-electron chi connectivity index (χ3n) is 1.86. The van der Waals surface area contributed by atoms with Gasteiger partial charge in [0, 0.05) is 6.54 Å². The van der Waals surface area contributed by atoms with Gasteiger partial charge in [-0.25, -0.2) is 4.98 Å². The number of nitrogens with one attached hydrogen (secondary N) is 1. The first-order valence-electron chi connectivity index (χ1n) is 4.09. The lowest BCUT2D eigenvalue weighted by Crippen LogP contribution is -2.47. The van der Waals surface area contributed by atoms with Crippen molar-refractivity contribution < 1.29 is 9.53 Å². The summed E-state index contributed by atoms with van der Waals surface area (Å²) in [4.78, 5) is 15.0. The Hall–Kier alpha value is -1.43. The molecule has 1 N–H and O–H groups in total. The van der Waals surface area contributed by atoms with Crippen molar-refractivity contribution in [1.29, 1.82) is 0 Å². The first-order chi connectivity index (χ1) is 6.36. The summed E-state index contributed by atoms with van der Waals surface area (Å²) in [5, 5.41) is 6.95. The number of rotatable bonds is 2. The molecule has 0 spiro atoms. The summed E-state index contributed by atoms with van der Waals surface area (Å²) in [5.41, 5.74) is 0. The second kappa shape index (κ2) is 3.53. The Morgan fingerprint density at radius 2 is 2.69 bits per heavy atom. The molecule has 0 aliphatic carbocycles. The Balaban J connectivity index is 1.97. The molecule has 1 aliphatic heterocycles. The van der Waals surface area contributed by atoms with Crippen LogP contribution >= 0.6 is 0 Å². The molecule has 1 aromatic heterocycles. The van der Waals surface area contributed by atoms with Gasteiger partial charge in [0.2, 0.25) is 0 Å². The quantitative estimate of drug-likeness (QED) is 0.581. The second-order valence-electron chi connectivity index (χ2n) is 2.79. The summed E-state index contributed by atoms with van der Waals surface area (Å²) in [6, 6.07) is -0.296. The summed E-state index contributed by atoms with van der Waals surface area (Å²) < 4.78 is 6.48. The molecule has 1 saturated heterocycles. The van der Waals surface area contributed by atoms with Crippen molar-refractivity contribution in [3.8, 4) is 0 Å². The maximum absolute atomic E-state index is 11.2. The van der Waals surface area contributed by atoms with E-state index < -0.39 is 0 Å². The smallest absolute Gasteiger partial charge is 0.325 e. The fourth-order valence-corrected chi connectivity index (χ4v) is 1.22. The average Bonchev–Trinajstić information content (AvgIpc) is 2.61. The van der Waals surface area contributed by atoms with Crippen molar-refractivity contribution in [2.24, 2.45) is 0 Å². The summed E-state index contributed by atoms with van der Waals surface area (Å²) in [6.07, 6.45) is 3.01. The number of ether oxygens (including phenoxy) is 1. The normalized spacial score (nSPS) is 22.8. The molecular weight excluding hydrogens is 172 g/mol. The number of aromatic nitrogens is 3. The number of cyclic esters (lactones) is 1. The van der Waals surface area contributed by atoms with E-state index in [0.717, 1.165) is 0 Å². The van der Waals surface area contributed by atoms with Gasteiger partial charge >= 0.3 is 5.97 Å². The number of carbonyl (C=O) groups excluding carboxylic acids is 1. The van der Waals surface area contributed by atoms with E-state index in [-0.39, 0.29) is 12.0 Å². The van der Waals surface area contributed by atoms with E-state index in [2.05, 4.69) is 15.4 Å². The van der Waals surface area contributed by atoms with Gasteiger partial charge in [-0.1, -0.05) is 0 Å². The minimum absolute atomic E-state index is 0.221. The lowest BCUT2D eigenvalue weighted by Gasteiger charge is -2.21. The Labute approximate surface area is 74.9 Å². The van der Waals surface area contributed by atoms with Crippen molar-refractivity contribution in [3.63, 3.8) is 0 Å². The molecule has 2 rings (SSSR count).